The number of rotatable bonds is 1. The fourth-order valence-electron chi connectivity index (χ4n) is 0.874. The first-order chi connectivity index (χ1) is 4.33. The minimum Gasteiger partial charge on any atom is -0.251 e. The minimum absolute atomic E-state index is 0.791. The molecule has 3 heteroatoms. The van der Waals surface area contributed by atoms with Gasteiger partial charge < -0.3 is 0 Å². The van der Waals surface area contributed by atoms with Gasteiger partial charge in [-0.2, -0.15) is 4.99 Å². The minimum atomic E-state index is 0.791. The highest BCUT2D eigenvalue weighted by Gasteiger charge is 2.25. The van der Waals surface area contributed by atoms with E-state index in [1.165, 1.54) is 11.7 Å². The van der Waals surface area contributed by atoms with Crippen molar-refractivity contribution in [1.82, 2.24) is 0 Å². The molecule has 1 atom stereocenters. The SMILES string of the molecule is CC[NH+]=C1[NH2+]CC(C)S1. The predicted octanol–water partition coefficient (Wildman–Crippen LogP) is -1.86. The maximum Gasteiger partial charge on any atom is 0.396 e. The van der Waals surface area contributed by atoms with Crippen molar-refractivity contribution >= 4 is 16.9 Å². The molecule has 0 amide bonds. The van der Waals surface area contributed by atoms with E-state index in [0.29, 0.717) is 0 Å². The molecule has 1 aliphatic rings. The summed E-state index contributed by atoms with van der Waals surface area (Å²) in [5, 5.41) is 4.43. The molecule has 9 heavy (non-hydrogen) atoms. The zero-order valence-electron chi connectivity index (χ0n) is 5.98. The Balaban J connectivity index is 2.38. The van der Waals surface area contributed by atoms with Crippen molar-refractivity contribution < 1.29 is 10.3 Å². The summed E-state index contributed by atoms with van der Waals surface area (Å²) in [6.07, 6.45) is 0. The van der Waals surface area contributed by atoms with Gasteiger partial charge >= 0.3 is 5.17 Å². The molecule has 1 aliphatic heterocycles. The zero-order valence-corrected chi connectivity index (χ0v) is 6.79. The number of quaternary nitrogens is 1. The monoisotopic (exact) mass is 146 g/mol. The summed E-state index contributed by atoms with van der Waals surface area (Å²) in [4.78, 5) is 3.30. The van der Waals surface area contributed by atoms with Gasteiger partial charge in [-0.3, -0.25) is 5.32 Å². The first-order valence-corrected chi connectivity index (χ1v) is 4.31. The molecule has 1 heterocycles. The van der Waals surface area contributed by atoms with Crippen molar-refractivity contribution in [3.8, 4) is 0 Å². The van der Waals surface area contributed by atoms with Crippen LogP contribution in [0.25, 0.3) is 0 Å². The Kier molecular flexibility index (Phi) is 2.54. The topological polar surface area (TPSA) is 30.6 Å². The van der Waals surface area contributed by atoms with E-state index in [1.54, 1.807) is 0 Å². The van der Waals surface area contributed by atoms with Crippen molar-refractivity contribution in [2.24, 2.45) is 0 Å². The first kappa shape index (κ1) is 7.09. The predicted molar refractivity (Wildman–Crippen MR) is 40.4 cm³/mol. The van der Waals surface area contributed by atoms with Gasteiger partial charge in [0.1, 0.15) is 6.54 Å². The molecule has 0 saturated carbocycles. The van der Waals surface area contributed by atoms with E-state index in [-0.39, 0.29) is 0 Å². The number of hydrogen-bond donors (Lipinski definition) is 2. The Morgan fingerprint density at radius 1 is 1.89 bits per heavy atom. The number of hydrogen-bond acceptors (Lipinski definition) is 1. The van der Waals surface area contributed by atoms with Gasteiger partial charge in [0.25, 0.3) is 0 Å². The summed E-state index contributed by atoms with van der Waals surface area (Å²) in [6.45, 7) is 6.66. The van der Waals surface area contributed by atoms with Crippen LogP contribution in [0.1, 0.15) is 13.8 Å². The van der Waals surface area contributed by atoms with E-state index in [0.717, 1.165) is 11.8 Å². The zero-order chi connectivity index (χ0) is 6.69. The third-order valence-electron chi connectivity index (χ3n) is 1.31. The number of nitrogens with two attached hydrogens (primary N) is 1. The van der Waals surface area contributed by atoms with Gasteiger partial charge in [-0.25, -0.2) is 0 Å². The summed E-state index contributed by atoms with van der Waals surface area (Å²) in [7, 11) is 0. The van der Waals surface area contributed by atoms with Crippen molar-refractivity contribution in [3.05, 3.63) is 0 Å². The molecule has 0 radical (unpaired) electrons. The van der Waals surface area contributed by atoms with Crippen LogP contribution in [0.5, 0.6) is 0 Å². The Morgan fingerprint density at radius 3 is 3.11 bits per heavy atom. The van der Waals surface area contributed by atoms with Crippen molar-refractivity contribution in [3.63, 3.8) is 0 Å². The van der Waals surface area contributed by atoms with Crippen molar-refractivity contribution in [2.45, 2.75) is 19.1 Å². The Morgan fingerprint density at radius 2 is 2.67 bits per heavy atom. The van der Waals surface area contributed by atoms with Crippen LogP contribution in [0.4, 0.5) is 0 Å². The van der Waals surface area contributed by atoms with Crippen LogP contribution in [-0.2, 0) is 0 Å². The lowest BCUT2D eigenvalue weighted by molar-refractivity contribution is -0.600. The van der Waals surface area contributed by atoms with Crippen LogP contribution < -0.4 is 10.3 Å². The summed E-state index contributed by atoms with van der Waals surface area (Å²) >= 11 is 1.94. The van der Waals surface area contributed by atoms with E-state index in [4.69, 9.17) is 0 Å². The molecule has 52 valence electrons. The number of nitrogens with one attached hydrogen (secondary N) is 1. The van der Waals surface area contributed by atoms with E-state index in [2.05, 4.69) is 24.2 Å². The van der Waals surface area contributed by atoms with Crippen LogP contribution in [0.2, 0.25) is 0 Å². The molecule has 1 saturated heterocycles. The second-order valence-corrected chi connectivity index (χ2v) is 3.74. The van der Waals surface area contributed by atoms with E-state index >= 15 is 0 Å². The third kappa shape index (κ3) is 1.99. The molecule has 0 bridgehead atoms. The van der Waals surface area contributed by atoms with Crippen LogP contribution in [0.3, 0.4) is 0 Å². The molecule has 0 spiro atoms. The highest BCUT2D eigenvalue weighted by molar-refractivity contribution is 8.13. The van der Waals surface area contributed by atoms with Crippen molar-refractivity contribution in [2.75, 3.05) is 13.1 Å². The Labute approximate surface area is 60.1 Å². The van der Waals surface area contributed by atoms with Crippen molar-refractivity contribution in [1.29, 1.82) is 0 Å². The van der Waals surface area contributed by atoms with Crippen LogP contribution in [0, 0.1) is 0 Å². The van der Waals surface area contributed by atoms with Gasteiger partial charge in [-0.1, -0.05) is 0 Å². The Bertz CT molecular complexity index is 122. The average molecular weight is 146 g/mol. The van der Waals surface area contributed by atoms with Gasteiger partial charge in [-0.15, -0.1) is 0 Å². The lowest BCUT2D eigenvalue weighted by Gasteiger charge is -1.83. The molecule has 1 unspecified atom stereocenters. The largest absolute Gasteiger partial charge is 0.396 e. The number of thioether (sulfide) groups is 1. The smallest absolute Gasteiger partial charge is 0.251 e. The molecular formula is C6H14N2S+2. The van der Waals surface area contributed by atoms with E-state index in [9.17, 15) is 0 Å². The molecular weight excluding hydrogens is 132 g/mol. The third-order valence-corrected chi connectivity index (χ3v) is 2.47. The molecule has 2 nitrogen and oxygen atoms in total. The molecule has 0 aliphatic carbocycles. The van der Waals surface area contributed by atoms with E-state index in [1.807, 2.05) is 11.8 Å². The summed E-state index contributed by atoms with van der Waals surface area (Å²) in [5.41, 5.74) is 0. The lowest BCUT2D eigenvalue weighted by atomic mass is 10.5. The molecule has 1 rings (SSSR count). The first-order valence-electron chi connectivity index (χ1n) is 3.43. The highest BCUT2D eigenvalue weighted by atomic mass is 32.2. The van der Waals surface area contributed by atoms with Crippen LogP contribution in [-0.4, -0.2) is 23.5 Å². The standard InChI is InChI=1S/C6H12N2S/c1-3-7-6-8-4-5(2)9-6/h5H,3-4H2,1-2H3,(H,7,8)/p+2. The fourth-order valence-corrected chi connectivity index (χ4v) is 1.92. The molecule has 0 aromatic carbocycles. The second-order valence-electron chi connectivity index (χ2n) is 2.26. The maximum absolute atomic E-state index is 3.30. The second kappa shape index (κ2) is 3.22. The van der Waals surface area contributed by atoms with Gasteiger partial charge in [0.2, 0.25) is 0 Å². The summed E-state index contributed by atoms with van der Waals surface area (Å²) < 4.78 is 0. The normalized spacial score (nSPS) is 31.8. The van der Waals surface area contributed by atoms with Gasteiger partial charge in [0.05, 0.1) is 11.8 Å². The average Bonchev–Trinajstić information content (AvgIpc) is 2.17. The van der Waals surface area contributed by atoms with Gasteiger partial charge in [-0.05, 0) is 13.8 Å². The van der Waals surface area contributed by atoms with Gasteiger partial charge in [0.15, 0.2) is 0 Å². The molecule has 1 fully saturated rings. The van der Waals surface area contributed by atoms with E-state index < -0.39 is 0 Å². The highest BCUT2D eigenvalue weighted by Crippen LogP contribution is 2.07. The summed E-state index contributed by atoms with van der Waals surface area (Å²) in [6, 6.07) is 0. The van der Waals surface area contributed by atoms with Crippen LogP contribution in [0.15, 0.2) is 0 Å². The Hall–Kier alpha value is -0.0200. The quantitative estimate of drug-likeness (QED) is 0.447. The van der Waals surface area contributed by atoms with Gasteiger partial charge in [0, 0.05) is 11.8 Å². The summed E-state index contributed by atoms with van der Waals surface area (Å²) in [5.74, 6) is 0. The fraction of sp³-hybridized carbons (Fsp3) is 0.833. The van der Waals surface area contributed by atoms with Crippen LogP contribution >= 0.6 is 11.8 Å². The number of amidine groups is 1. The molecule has 0 aromatic heterocycles. The molecule has 3 N–H and O–H groups in total. The lowest BCUT2D eigenvalue weighted by Crippen LogP contribution is -2.96. The maximum atomic E-state index is 3.30. The molecule has 0 aromatic rings.